The van der Waals surface area contributed by atoms with Gasteiger partial charge in [-0.2, -0.15) is 0 Å². The highest BCUT2D eigenvalue weighted by Crippen LogP contribution is 2.36. The van der Waals surface area contributed by atoms with Gasteiger partial charge in [-0.05, 0) is 50.9 Å². The van der Waals surface area contributed by atoms with Gasteiger partial charge < -0.3 is 14.0 Å². The van der Waals surface area contributed by atoms with Crippen molar-refractivity contribution in [1.82, 2.24) is 0 Å². The van der Waals surface area contributed by atoms with Gasteiger partial charge in [0.1, 0.15) is 0 Å². The largest absolute Gasteiger partial charge is 0.494 e. The van der Waals surface area contributed by atoms with Gasteiger partial charge in [0.2, 0.25) is 0 Å². The van der Waals surface area contributed by atoms with Crippen LogP contribution >= 0.6 is 11.8 Å². The number of benzene rings is 2. The predicted molar refractivity (Wildman–Crippen MR) is 110 cm³/mol. The molecular formula is C21H25BO4S. The minimum Gasteiger partial charge on any atom is -0.465 e. The van der Waals surface area contributed by atoms with E-state index in [1.165, 1.54) is 12.7 Å². The quantitative estimate of drug-likeness (QED) is 0.442. The first kappa shape index (κ1) is 20.0. The van der Waals surface area contributed by atoms with E-state index in [0.29, 0.717) is 5.56 Å². The Hall–Kier alpha value is -1.76. The molecule has 0 radical (unpaired) electrons. The van der Waals surface area contributed by atoms with E-state index in [-0.39, 0.29) is 24.3 Å². The standard InChI is InChI=1S/C21H25BO4S/c1-20(2)21(3,4)26-22(25-20)16-12-10-15(11-13-16)14-27-18-9-7-6-8-17(18)19(23)24-5/h6-13H,14H2,1-5H3. The maximum Gasteiger partial charge on any atom is 0.494 e. The average Bonchev–Trinajstić information content (AvgIpc) is 2.87. The van der Waals surface area contributed by atoms with Crippen molar-refractivity contribution in [2.24, 2.45) is 0 Å². The van der Waals surface area contributed by atoms with Gasteiger partial charge in [-0.15, -0.1) is 11.8 Å². The zero-order valence-electron chi connectivity index (χ0n) is 16.4. The van der Waals surface area contributed by atoms with Crippen LogP contribution in [-0.4, -0.2) is 31.4 Å². The average molecular weight is 384 g/mol. The Kier molecular flexibility index (Phi) is 5.70. The molecule has 0 saturated carbocycles. The molecule has 0 unspecified atom stereocenters. The summed E-state index contributed by atoms with van der Waals surface area (Å²) >= 11 is 1.62. The molecule has 6 heteroatoms. The van der Waals surface area contributed by atoms with E-state index in [2.05, 4.69) is 39.8 Å². The highest BCUT2D eigenvalue weighted by Gasteiger charge is 2.51. The maximum atomic E-state index is 11.9. The molecule has 0 amide bonds. The summed E-state index contributed by atoms with van der Waals surface area (Å²) < 4.78 is 17.0. The zero-order chi connectivity index (χ0) is 19.7. The Labute approximate surface area is 165 Å². The van der Waals surface area contributed by atoms with Crippen LogP contribution in [0.2, 0.25) is 0 Å². The van der Waals surface area contributed by atoms with Crippen LogP contribution in [0.4, 0.5) is 0 Å². The van der Waals surface area contributed by atoms with Crippen LogP contribution < -0.4 is 5.46 Å². The van der Waals surface area contributed by atoms with Crippen molar-refractivity contribution >= 4 is 30.3 Å². The molecule has 2 aromatic carbocycles. The summed E-state index contributed by atoms with van der Waals surface area (Å²) in [5.74, 6) is 0.451. The molecule has 0 spiro atoms. The van der Waals surface area contributed by atoms with E-state index < -0.39 is 0 Å². The van der Waals surface area contributed by atoms with Gasteiger partial charge in [0, 0.05) is 10.6 Å². The van der Waals surface area contributed by atoms with Crippen LogP contribution in [0.3, 0.4) is 0 Å². The Balaban J connectivity index is 1.67. The van der Waals surface area contributed by atoms with Crippen molar-refractivity contribution in [2.75, 3.05) is 7.11 Å². The van der Waals surface area contributed by atoms with Crippen molar-refractivity contribution < 1.29 is 18.8 Å². The number of ether oxygens (including phenoxy) is 1. The maximum absolute atomic E-state index is 11.9. The molecule has 142 valence electrons. The number of methoxy groups -OCH3 is 1. The highest BCUT2D eigenvalue weighted by molar-refractivity contribution is 7.98. The van der Waals surface area contributed by atoms with Gasteiger partial charge in [-0.1, -0.05) is 36.4 Å². The number of carbonyl (C=O) groups excluding carboxylic acids is 1. The third-order valence-electron chi connectivity index (χ3n) is 5.19. The Morgan fingerprint density at radius 1 is 1.00 bits per heavy atom. The van der Waals surface area contributed by atoms with Crippen molar-refractivity contribution in [3.8, 4) is 0 Å². The van der Waals surface area contributed by atoms with Gasteiger partial charge in [0.15, 0.2) is 0 Å². The summed E-state index contributed by atoms with van der Waals surface area (Å²) in [6.45, 7) is 8.21. The zero-order valence-corrected chi connectivity index (χ0v) is 17.3. The summed E-state index contributed by atoms with van der Waals surface area (Å²) in [5.41, 5.74) is 2.09. The van der Waals surface area contributed by atoms with Crippen molar-refractivity contribution in [2.45, 2.75) is 49.5 Å². The van der Waals surface area contributed by atoms with E-state index in [1.54, 1.807) is 17.8 Å². The van der Waals surface area contributed by atoms with E-state index in [4.69, 9.17) is 14.0 Å². The first-order chi connectivity index (χ1) is 12.7. The third kappa shape index (κ3) is 4.23. The summed E-state index contributed by atoms with van der Waals surface area (Å²) in [6.07, 6.45) is 0. The number of carbonyl (C=O) groups is 1. The Morgan fingerprint density at radius 3 is 2.19 bits per heavy atom. The highest BCUT2D eigenvalue weighted by atomic mass is 32.2. The van der Waals surface area contributed by atoms with E-state index in [9.17, 15) is 4.79 Å². The lowest BCUT2D eigenvalue weighted by Crippen LogP contribution is -2.41. The van der Waals surface area contributed by atoms with Crippen LogP contribution in [0.25, 0.3) is 0 Å². The fraction of sp³-hybridized carbons (Fsp3) is 0.381. The molecule has 1 saturated heterocycles. The molecule has 1 aliphatic heterocycles. The van der Waals surface area contributed by atoms with Crippen LogP contribution in [0.5, 0.6) is 0 Å². The Morgan fingerprint density at radius 2 is 1.59 bits per heavy atom. The molecule has 2 aromatic rings. The monoisotopic (exact) mass is 384 g/mol. The summed E-state index contributed by atoms with van der Waals surface area (Å²) in [7, 11) is 1.05. The second-order valence-electron chi connectivity index (χ2n) is 7.61. The van der Waals surface area contributed by atoms with Gasteiger partial charge in [0.05, 0.1) is 23.9 Å². The van der Waals surface area contributed by atoms with Crippen molar-refractivity contribution in [3.63, 3.8) is 0 Å². The summed E-state index contributed by atoms with van der Waals surface area (Å²) in [6, 6.07) is 15.7. The van der Waals surface area contributed by atoms with E-state index in [0.717, 1.165) is 16.1 Å². The Bertz CT molecular complexity index is 801. The lowest BCUT2D eigenvalue weighted by Gasteiger charge is -2.32. The molecule has 1 heterocycles. The summed E-state index contributed by atoms with van der Waals surface area (Å²) in [5, 5.41) is 0. The minimum atomic E-state index is -0.350. The molecule has 1 fully saturated rings. The second-order valence-corrected chi connectivity index (χ2v) is 8.62. The predicted octanol–water partition coefficient (Wildman–Crippen LogP) is 4.06. The van der Waals surface area contributed by atoms with Crippen LogP contribution in [0.15, 0.2) is 53.4 Å². The fourth-order valence-electron chi connectivity index (χ4n) is 2.78. The number of esters is 1. The van der Waals surface area contributed by atoms with Crippen LogP contribution in [-0.2, 0) is 19.8 Å². The third-order valence-corrected chi connectivity index (χ3v) is 6.34. The van der Waals surface area contributed by atoms with Crippen LogP contribution in [0, 0.1) is 0 Å². The molecule has 27 heavy (non-hydrogen) atoms. The van der Waals surface area contributed by atoms with E-state index in [1.807, 2.05) is 30.3 Å². The lowest BCUT2D eigenvalue weighted by atomic mass is 9.79. The molecule has 0 bridgehead atoms. The minimum absolute atomic E-state index is 0.311. The van der Waals surface area contributed by atoms with Gasteiger partial charge >= 0.3 is 13.1 Å². The molecule has 4 nitrogen and oxygen atoms in total. The SMILES string of the molecule is COC(=O)c1ccccc1SCc1ccc(B2OC(C)(C)C(C)(C)O2)cc1. The molecule has 0 aliphatic carbocycles. The van der Waals surface area contributed by atoms with Crippen LogP contribution in [0.1, 0.15) is 43.6 Å². The molecule has 0 aromatic heterocycles. The molecule has 3 rings (SSSR count). The molecule has 0 N–H and O–H groups in total. The topological polar surface area (TPSA) is 44.8 Å². The number of hydrogen-bond acceptors (Lipinski definition) is 5. The summed E-state index contributed by atoms with van der Waals surface area (Å²) in [4.78, 5) is 12.8. The molecular weight excluding hydrogens is 359 g/mol. The number of thioether (sulfide) groups is 1. The first-order valence-corrected chi connectivity index (χ1v) is 9.97. The number of rotatable bonds is 5. The normalized spacial score (nSPS) is 17.7. The van der Waals surface area contributed by atoms with E-state index >= 15 is 0 Å². The van der Waals surface area contributed by atoms with Crippen molar-refractivity contribution in [3.05, 3.63) is 59.7 Å². The lowest BCUT2D eigenvalue weighted by molar-refractivity contribution is 0.00578. The van der Waals surface area contributed by atoms with Crippen molar-refractivity contribution in [1.29, 1.82) is 0 Å². The van der Waals surface area contributed by atoms with Gasteiger partial charge in [-0.3, -0.25) is 0 Å². The first-order valence-electron chi connectivity index (χ1n) is 8.98. The smallest absolute Gasteiger partial charge is 0.465 e. The van der Waals surface area contributed by atoms with Gasteiger partial charge in [0.25, 0.3) is 0 Å². The fourth-order valence-corrected chi connectivity index (χ4v) is 3.78. The molecule has 1 aliphatic rings. The number of hydrogen-bond donors (Lipinski definition) is 0. The van der Waals surface area contributed by atoms with Gasteiger partial charge in [-0.25, -0.2) is 4.79 Å². The molecule has 0 atom stereocenters. The second kappa shape index (κ2) is 7.70.